The largest absolute Gasteiger partial charge is 0.497 e. The Morgan fingerprint density at radius 1 is 0.969 bits per heavy atom. The highest BCUT2D eigenvalue weighted by Gasteiger charge is 2.16. The molecule has 1 atom stereocenters. The van der Waals surface area contributed by atoms with Crippen LogP contribution in [0.2, 0.25) is 0 Å². The third-order valence-corrected chi connectivity index (χ3v) is 5.55. The number of amides is 2. The number of carbonyl (C=O) groups is 2. The van der Waals surface area contributed by atoms with Gasteiger partial charge in [0.15, 0.2) is 0 Å². The summed E-state index contributed by atoms with van der Waals surface area (Å²) in [6.45, 7) is 1.79. The second-order valence-corrected chi connectivity index (χ2v) is 8.18. The van der Waals surface area contributed by atoms with E-state index in [9.17, 15) is 19.7 Å². The summed E-state index contributed by atoms with van der Waals surface area (Å²) in [5, 5.41) is 16.0. The zero-order valence-electron chi connectivity index (χ0n) is 17.4. The quantitative estimate of drug-likeness (QED) is 0.284. The lowest BCUT2D eigenvalue weighted by Gasteiger charge is -2.13. The van der Waals surface area contributed by atoms with Crippen molar-refractivity contribution in [3.8, 4) is 5.75 Å². The molecule has 164 valence electrons. The molecule has 0 radical (unpaired) electrons. The third-order valence-electron chi connectivity index (χ3n) is 4.45. The number of ether oxygens (including phenoxy) is 1. The summed E-state index contributed by atoms with van der Waals surface area (Å²) in [4.78, 5) is 36.0. The Balaban J connectivity index is 1.61. The molecule has 3 rings (SSSR count). The van der Waals surface area contributed by atoms with Gasteiger partial charge >= 0.3 is 0 Å². The van der Waals surface area contributed by atoms with Gasteiger partial charge in [-0.15, -0.1) is 11.8 Å². The minimum atomic E-state index is -0.520. The molecule has 0 aliphatic rings. The van der Waals surface area contributed by atoms with Crippen LogP contribution in [0, 0.1) is 10.1 Å². The Labute approximate surface area is 189 Å². The molecule has 32 heavy (non-hydrogen) atoms. The molecule has 0 bridgehead atoms. The van der Waals surface area contributed by atoms with Crippen LogP contribution < -0.4 is 15.4 Å². The zero-order chi connectivity index (χ0) is 23.1. The van der Waals surface area contributed by atoms with Crippen LogP contribution in [0.25, 0.3) is 0 Å². The van der Waals surface area contributed by atoms with Crippen LogP contribution >= 0.6 is 11.8 Å². The van der Waals surface area contributed by atoms with Crippen molar-refractivity contribution in [3.05, 3.63) is 88.5 Å². The molecule has 1 unspecified atom stereocenters. The summed E-state index contributed by atoms with van der Waals surface area (Å²) in [6, 6.07) is 19.6. The van der Waals surface area contributed by atoms with Crippen LogP contribution in [0.4, 0.5) is 17.1 Å². The molecule has 0 fully saturated rings. The molecule has 0 saturated carbocycles. The Morgan fingerprint density at radius 2 is 1.62 bits per heavy atom. The van der Waals surface area contributed by atoms with Gasteiger partial charge in [0.1, 0.15) is 5.75 Å². The summed E-state index contributed by atoms with van der Waals surface area (Å²) in [6.07, 6.45) is 0. The number of hydrogen-bond acceptors (Lipinski definition) is 6. The van der Waals surface area contributed by atoms with Gasteiger partial charge in [0.05, 0.1) is 17.3 Å². The molecular formula is C23H21N3O5S. The number of carbonyl (C=O) groups excluding carboxylic acids is 2. The summed E-state index contributed by atoms with van der Waals surface area (Å²) in [7, 11) is 1.56. The van der Waals surface area contributed by atoms with Gasteiger partial charge in [-0.2, -0.15) is 0 Å². The van der Waals surface area contributed by atoms with Gasteiger partial charge in [-0.1, -0.05) is 12.1 Å². The van der Waals surface area contributed by atoms with Crippen LogP contribution in [0.15, 0.2) is 77.7 Å². The summed E-state index contributed by atoms with van der Waals surface area (Å²) >= 11 is 1.35. The summed E-state index contributed by atoms with van der Waals surface area (Å²) in [5.41, 5.74) is 1.42. The molecule has 0 aliphatic heterocycles. The maximum Gasteiger partial charge on any atom is 0.269 e. The van der Waals surface area contributed by atoms with Gasteiger partial charge in [0.25, 0.3) is 11.6 Å². The van der Waals surface area contributed by atoms with Crippen molar-refractivity contribution >= 4 is 40.6 Å². The molecule has 0 aromatic heterocycles. The van der Waals surface area contributed by atoms with Crippen LogP contribution in [0.1, 0.15) is 17.3 Å². The van der Waals surface area contributed by atoms with Gasteiger partial charge in [0, 0.05) is 40.0 Å². The Morgan fingerprint density at radius 3 is 2.28 bits per heavy atom. The Bertz CT molecular complexity index is 1130. The standard InChI is InChI=1S/C23H21N3O5S/c1-15(22(27)24-17-5-3-7-20(13-17)31-2)32-21-8-4-6-18(14-21)25-23(28)16-9-11-19(12-10-16)26(29)30/h3-15H,1-2H3,(H,24,27)(H,25,28). The highest BCUT2D eigenvalue weighted by atomic mass is 32.2. The lowest BCUT2D eigenvalue weighted by atomic mass is 10.2. The monoisotopic (exact) mass is 451 g/mol. The number of nitrogens with zero attached hydrogens (tertiary/aromatic N) is 1. The van der Waals surface area contributed by atoms with Gasteiger partial charge in [0.2, 0.25) is 5.91 Å². The lowest BCUT2D eigenvalue weighted by molar-refractivity contribution is -0.384. The van der Waals surface area contributed by atoms with Crippen molar-refractivity contribution in [2.45, 2.75) is 17.1 Å². The molecule has 9 heteroatoms. The van der Waals surface area contributed by atoms with E-state index in [0.717, 1.165) is 4.90 Å². The number of rotatable bonds is 8. The second kappa shape index (κ2) is 10.5. The van der Waals surface area contributed by atoms with Crippen molar-refractivity contribution in [3.63, 3.8) is 0 Å². The van der Waals surface area contributed by atoms with Crippen LogP contribution in [-0.2, 0) is 4.79 Å². The van der Waals surface area contributed by atoms with Gasteiger partial charge in [-0.3, -0.25) is 19.7 Å². The lowest BCUT2D eigenvalue weighted by Crippen LogP contribution is -2.22. The molecule has 0 saturated heterocycles. The van der Waals surface area contributed by atoms with Gasteiger partial charge < -0.3 is 15.4 Å². The minimum Gasteiger partial charge on any atom is -0.497 e. The van der Waals surface area contributed by atoms with E-state index in [4.69, 9.17) is 4.74 Å². The number of thioether (sulfide) groups is 1. The Kier molecular flexibility index (Phi) is 7.45. The molecule has 3 aromatic carbocycles. The zero-order valence-corrected chi connectivity index (χ0v) is 18.2. The smallest absolute Gasteiger partial charge is 0.269 e. The Hall–Kier alpha value is -3.85. The first kappa shape index (κ1) is 22.8. The molecular weight excluding hydrogens is 430 g/mol. The van der Waals surface area contributed by atoms with E-state index >= 15 is 0 Å². The number of nitro groups is 1. The van der Waals surface area contributed by atoms with Crippen molar-refractivity contribution < 1.29 is 19.2 Å². The van der Waals surface area contributed by atoms with Crippen molar-refractivity contribution in [2.24, 2.45) is 0 Å². The first-order valence-corrected chi connectivity index (χ1v) is 10.5. The molecule has 2 N–H and O–H groups in total. The maximum atomic E-state index is 12.5. The molecule has 3 aromatic rings. The molecule has 2 amide bonds. The predicted molar refractivity (Wildman–Crippen MR) is 124 cm³/mol. The summed E-state index contributed by atoms with van der Waals surface area (Å²) < 4.78 is 5.16. The van der Waals surface area contributed by atoms with E-state index in [2.05, 4.69) is 10.6 Å². The number of non-ortho nitro benzene ring substituents is 1. The van der Waals surface area contributed by atoms with Gasteiger partial charge in [-0.25, -0.2) is 0 Å². The first-order chi connectivity index (χ1) is 15.4. The number of nitrogens with one attached hydrogen (secondary N) is 2. The number of nitro benzene ring substituents is 1. The molecule has 0 heterocycles. The molecule has 0 spiro atoms. The summed E-state index contributed by atoms with van der Waals surface area (Å²) in [5.74, 6) is 0.106. The highest BCUT2D eigenvalue weighted by molar-refractivity contribution is 8.00. The maximum absolute atomic E-state index is 12.5. The second-order valence-electron chi connectivity index (χ2n) is 6.77. The number of anilines is 2. The predicted octanol–water partition coefficient (Wildman–Crippen LogP) is 4.98. The van der Waals surface area contributed by atoms with E-state index in [1.165, 1.54) is 36.0 Å². The average Bonchev–Trinajstić information content (AvgIpc) is 2.79. The highest BCUT2D eigenvalue weighted by Crippen LogP contribution is 2.27. The van der Waals surface area contributed by atoms with Crippen molar-refractivity contribution in [1.82, 2.24) is 0 Å². The molecule has 0 aliphatic carbocycles. The number of methoxy groups -OCH3 is 1. The molecule has 8 nitrogen and oxygen atoms in total. The van der Waals surface area contributed by atoms with E-state index in [1.54, 1.807) is 56.5 Å². The average molecular weight is 452 g/mol. The van der Waals surface area contributed by atoms with E-state index in [1.807, 2.05) is 6.07 Å². The van der Waals surface area contributed by atoms with Crippen LogP contribution in [-0.4, -0.2) is 29.1 Å². The number of hydrogen-bond donors (Lipinski definition) is 2. The van der Waals surface area contributed by atoms with Crippen molar-refractivity contribution in [2.75, 3.05) is 17.7 Å². The third kappa shape index (κ3) is 6.08. The number of benzene rings is 3. The normalized spacial score (nSPS) is 11.3. The van der Waals surface area contributed by atoms with E-state index in [-0.39, 0.29) is 22.8 Å². The van der Waals surface area contributed by atoms with Crippen LogP contribution in [0.5, 0.6) is 5.75 Å². The van der Waals surface area contributed by atoms with E-state index < -0.39 is 4.92 Å². The van der Waals surface area contributed by atoms with Crippen molar-refractivity contribution in [1.29, 1.82) is 0 Å². The fraction of sp³-hybridized carbons (Fsp3) is 0.130. The fourth-order valence-corrected chi connectivity index (χ4v) is 3.71. The fourth-order valence-electron chi connectivity index (χ4n) is 2.79. The van der Waals surface area contributed by atoms with Gasteiger partial charge in [-0.05, 0) is 49.4 Å². The minimum absolute atomic E-state index is 0.0823. The SMILES string of the molecule is COc1cccc(NC(=O)C(C)Sc2cccc(NC(=O)c3ccc([N+](=O)[O-])cc3)c2)c1. The topological polar surface area (TPSA) is 111 Å². The van der Waals surface area contributed by atoms with Crippen LogP contribution in [0.3, 0.4) is 0 Å². The van der Waals surface area contributed by atoms with E-state index in [0.29, 0.717) is 22.7 Å². The first-order valence-electron chi connectivity index (χ1n) is 9.63.